The van der Waals surface area contributed by atoms with E-state index in [0.717, 1.165) is 66.9 Å². The van der Waals surface area contributed by atoms with Crippen LogP contribution in [0, 0.1) is 6.92 Å². The number of aryl methyl sites for hydroxylation is 2. The number of aromatic amines is 1. The van der Waals surface area contributed by atoms with Crippen molar-refractivity contribution in [1.29, 1.82) is 0 Å². The number of rotatable bonds is 3. The minimum Gasteiger partial charge on any atom is -0.360 e. The van der Waals surface area contributed by atoms with Crippen molar-refractivity contribution in [3.8, 4) is 0 Å². The molecule has 3 aromatic rings. The average Bonchev–Trinajstić information content (AvgIpc) is 3.18. The summed E-state index contributed by atoms with van der Waals surface area (Å²) in [5, 5.41) is 4.22. The van der Waals surface area contributed by atoms with Crippen LogP contribution in [-0.2, 0) is 12.8 Å². The van der Waals surface area contributed by atoms with Gasteiger partial charge in [-0.2, -0.15) is 0 Å². The molecule has 1 aromatic carbocycles. The van der Waals surface area contributed by atoms with Crippen LogP contribution in [0.2, 0.25) is 0 Å². The molecule has 2 N–H and O–H groups in total. The maximum Gasteiger partial charge on any atom is 0.253 e. The van der Waals surface area contributed by atoms with E-state index in [4.69, 9.17) is 4.98 Å². The minimum atomic E-state index is 0.0103. The molecule has 6 nitrogen and oxygen atoms in total. The van der Waals surface area contributed by atoms with Crippen LogP contribution >= 0.6 is 0 Å². The van der Waals surface area contributed by atoms with Crippen molar-refractivity contribution in [2.24, 2.45) is 0 Å². The summed E-state index contributed by atoms with van der Waals surface area (Å²) in [4.78, 5) is 27.9. The lowest BCUT2D eigenvalue weighted by atomic mass is 9.95. The van der Waals surface area contributed by atoms with Gasteiger partial charge < -0.3 is 15.2 Å². The molecule has 2 aliphatic rings. The maximum atomic E-state index is 12.8. The van der Waals surface area contributed by atoms with E-state index in [1.807, 2.05) is 37.4 Å². The van der Waals surface area contributed by atoms with Crippen LogP contribution in [0.15, 0.2) is 30.5 Å². The van der Waals surface area contributed by atoms with Gasteiger partial charge in [-0.15, -0.1) is 0 Å². The maximum absolute atomic E-state index is 12.8. The molecule has 3 heterocycles. The highest BCUT2D eigenvalue weighted by Crippen LogP contribution is 2.30. The van der Waals surface area contributed by atoms with Gasteiger partial charge in [0.2, 0.25) is 0 Å². The van der Waals surface area contributed by atoms with E-state index in [1.54, 1.807) is 0 Å². The molecule has 2 aromatic heterocycles. The molecule has 0 atom stereocenters. The largest absolute Gasteiger partial charge is 0.360 e. The number of carbonyl (C=O) groups is 1. The topological polar surface area (TPSA) is 73.9 Å². The first-order valence-corrected chi connectivity index (χ1v) is 10.7. The van der Waals surface area contributed by atoms with Gasteiger partial charge in [-0.1, -0.05) is 18.2 Å². The van der Waals surface area contributed by atoms with Crippen molar-refractivity contribution in [1.82, 2.24) is 20.3 Å². The Morgan fingerprint density at radius 1 is 1.14 bits per heavy atom. The minimum absolute atomic E-state index is 0.0103. The lowest BCUT2D eigenvalue weighted by molar-refractivity contribution is 0.0933. The van der Waals surface area contributed by atoms with Crippen molar-refractivity contribution in [2.45, 2.75) is 51.5 Å². The Kier molecular flexibility index (Phi) is 4.70. The molecule has 1 aliphatic carbocycles. The highest BCUT2D eigenvalue weighted by Gasteiger charge is 2.26. The number of nitrogens with one attached hydrogen (secondary N) is 2. The first-order chi connectivity index (χ1) is 14.2. The first kappa shape index (κ1) is 18.2. The van der Waals surface area contributed by atoms with Gasteiger partial charge in [-0.25, -0.2) is 9.97 Å². The van der Waals surface area contributed by atoms with Gasteiger partial charge >= 0.3 is 0 Å². The fourth-order valence-corrected chi connectivity index (χ4v) is 4.71. The number of H-pyrrole nitrogens is 1. The Bertz CT molecular complexity index is 1050. The number of anilines is 1. The smallest absolute Gasteiger partial charge is 0.253 e. The number of nitrogens with zero attached hydrogens (tertiary/aromatic N) is 3. The third-order valence-electron chi connectivity index (χ3n) is 6.24. The standard InChI is InChI=1S/C23H27N5O/c1-15-25-21-9-5-3-7-18(21)22(26-15)28-12-10-16(11-13-28)27-23(29)19-14-24-20-8-4-2-6-17(19)20/h2,4,6,8,14,16,24H,3,5,7,9-13H2,1H3,(H,27,29). The number of piperidine rings is 1. The van der Waals surface area contributed by atoms with E-state index in [-0.39, 0.29) is 11.9 Å². The summed E-state index contributed by atoms with van der Waals surface area (Å²) in [6.45, 7) is 3.83. The number of hydrogen-bond donors (Lipinski definition) is 2. The first-order valence-electron chi connectivity index (χ1n) is 10.7. The van der Waals surface area contributed by atoms with Crippen LogP contribution < -0.4 is 10.2 Å². The van der Waals surface area contributed by atoms with Gasteiger partial charge in [-0.05, 0) is 51.5 Å². The number of amides is 1. The Morgan fingerprint density at radius 3 is 2.79 bits per heavy atom. The van der Waals surface area contributed by atoms with Gasteiger partial charge in [0.1, 0.15) is 11.6 Å². The highest BCUT2D eigenvalue weighted by molar-refractivity contribution is 6.06. The molecule has 150 valence electrons. The SMILES string of the molecule is Cc1nc2c(c(N3CCC(NC(=O)c4c[nH]c5ccccc45)CC3)n1)CCCC2. The molecule has 6 heteroatoms. The number of benzene rings is 1. The summed E-state index contributed by atoms with van der Waals surface area (Å²) in [6, 6.07) is 8.13. The second-order valence-corrected chi connectivity index (χ2v) is 8.21. The zero-order valence-electron chi connectivity index (χ0n) is 16.9. The average molecular weight is 390 g/mol. The van der Waals surface area contributed by atoms with Crippen molar-refractivity contribution in [3.05, 3.63) is 53.1 Å². The van der Waals surface area contributed by atoms with Crippen molar-refractivity contribution in [2.75, 3.05) is 18.0 Å². The van der Waals surface area contributed by atoms with E-state index in [0.29, 0.717) is 0 Å². The van der Waals surface area contributed by atoms with Crippen molar-refractivity contribution >= 4 is 22.6 Å². The summed E-state index contributed by atoms with van der Waals surface area (Å²) in [5.74, 6) is 2.01. The predicted octanol–water partition coefficient (Wildman–Crippen LogP) is 3.54. The second-order valence-electron chi connectivity index (χ2n) is 8.21. The number of fused-ring (bicyclic) bond motifs is 2. The van der Waals surface area contributed by atoms with Crippen molar-refractivity contribution < 1.29 is 4.79 Å². The molecule has 0 spiro atoms. The Balaban J connectivity index is 1.27. The molecule has 1 amide bonds. The van der Waals surface area contributed by atoms with Gasteiger partial charge in [0, 0.05) is 47.5 Å². The highest BCUT2D eigenvalue weighted by atomic mass is 16.1. The summed E-state index contributed by atoms with van der Waals surface area (Å²) >= 11 is 0. The zero-order chi connectivity index (χ0) is 19.8. The quantitative estimate of drug-likeness (QED) is 0.719. The van der Waals surface area contributed by atoms with Gasteiger partial charge in [0.15, 0.2) is 0 Å². The van der Waals surface area contributed by atoms with Crippen LogP contribution in [0.25, 0.3) is 10.9 Å². The third-order valence-corrected chi connectivity index (χ3v) is 6.24. The fourth-order valence-electron chi connectivity index (χ4n) is 4.71. The molecule has 1 aliphatic heterocycles. The summed E-state index contributed by atoms with van der Waals surface area (Å²) in [7, 11) is 0. The van der Waals surface area contributed by atoms with Gasteiger partial charge in [0.25, 0.3) is 5.91 Å². The molecular formula is C23H27N5O. The van der Waals surface area contributed by atoms with Crippen LogP contribution in [0.5, 0.6) is 0 Å². The van der Waals surface area contributed by atoms with Crippen LogP contribution in [0.1, 0.15) is 53.1 Å². The summed E-state index contributed by atoms with van der Waals surface area (Å²) < 4.78 is 0. The lowest BCUT2D eigenvalue weighted by Gasteiger charge is -2.35. The number of aromatic nitrogens is 3. The summed E-state index contributed by atoms with van der Waals surface area (Å²) in [5.41, 5.74) is 4.32. The molecule has 5 rings (SSSR count). The van der Waals surface area contributed by atoms with E-state index in [9.17, 15) is 4.79 Å². The van der Waals surface area contributed by atoms with E-state index < -0.39 is 0 Å². The normalized spacial score (nSPS) is 17.3. The monoisotopic (exact) mass is 389 g/mol. The molecule has 0 unspecified atom stereocenters. The van der Waals surface area contributed by atoms with Gasteiger partial charge in [0.05, 0.1) is 5.56 Å². The molecule has 29 heavy (non-hydrogen) atoms. The summed E-state index contributed by atoms with van der Waals surface area (Å²) in [6.07, 6.45) is 8.29. The van der Waals surface area contributed by atoms with Gasteiger partial charge in [-0.3, -0.25) is 4.79 Å². The third kappa shape index (κ3) is 3.48. The number of para-hydroxylation sites is 1. The Hall–Kier alpha value is -2.89. The van der Waals surface area contributed by atoms with Crippen LogP contribution in [0.3, 0.4) is 0 Å². The fraction of sp³-hybridized carbons (Fsp3) is 0.435. The van der Waals surface area contributed by atoms with E-state index >= 15 is 0 Å². The van der Waals surface area contributed by atoms with E-state index in [2.05, 4.69) is 20.2 Å². The molecule has 0 saturated carbocycles. The molecule has 0 radical (unpaired) electrons. The second kappa shape index (κ2) is 7.50. The molecule has 1 saturated heterocycles. The molecular weight excluding hydrogens is 362 g/mol. The lowest BCUT2D eigenvalue weighted by Crippen LogP contribution is -2.45. The van der Waals surface area contributed by atoms with Crippen molar-refractivity contribution in [3.63, 3.8) is 0 Å². The predicted molar refractivity (Wildman–Crippen MR) is 114 cm³/mol. The molecule has 1 fully saturated rings. The Labute approximate surface area is 170 Å². The number of carbonyl (C=O) groups excluding carboxylic acids is 1. The van der Waals surface area contributed by atoms with Crippen LogP contribution in [0.4, 0.5) is 5.82 Å². The van der Waals surface area contributed by atoms with Crippen LogP contribution in [-0.4, -0.2) is 40.0 Å². The van der Waals surface area contributed by atoms with E-state index in [1.165, 1.54) is 24.1 Å². The number of hydrogen-bond acceptors (Lipinski definition) is 4. The zero-order valence-corrected chi connectivity index (χ0v) is 16.9. The Morgan fingerprint density at radius 2 is 1.93 bits per heavy atom. The molecule has 0 bridgehead atoms.